The molecule has 0 bridgehead atoms. The van der Waals surface area contributed by atoms with E-state index in [1.165, 1.54) is 5.56 Å². The first-order valence-electron chi connectivity index (χ1n) is 7.61. The third kappa shape index (κ3) is 3.08. The van der Waals surface area contributed by atoms with Crippen LogP contribution in [0.15, 0.2) is 30.3 Å². The van der Waals surface area contributed by atoms with E-state index in [-0.39, 0.29) is 5.92 Å². The van der Waals surface area contributed by atoms with Crippen molar-refractivity contribution < 1.29 is 0 Å². The van der Waals surface area contributed by atoms with Gasteiger partial charge in [0.15, 0.2) is 0 Å². The molecule has 0 amide bonds. The minimum Gasteiger partial charge on any atom is -0.336 e. The number of benzene rings is 1. The van der Waals surface area contributed by atoms with Crippen LogP contribution in [0.1, 0.15) is 38.1 Å². The highest BCUT2D eigenvalue weighted by Gasteiger charge is 2.24. The molecule has 3 rings (SSSR count). The van der Waals surface area contributed by atoms with Gasteiger partial charge in [0.1, 0.15) is 5.82 Å². The molecule has 2 aromatic rings. The number of anilines is 1. The van der Waals surface area contributed by atoms with Crippen LogP contribution >= 0.6 is 0 Å². The van der Waals surface area contributed by atoms with Crippen LogP contribution < -0.4 is 10.2 Å². The molecule has 5 nitrogen and oxygen atoms in total. The van der Waals surface area contributed by atoms with Gasteiger partial charge in [-0.25, -0.2) is 0 Å². The Bertz CT molecular complexity index is 569. The summed E-state index contributed by atoms with van der Waals surface area (Å²) >= 11 is 0. The van der Waals surface area contributed by atoms with Crippen molar-refractivity contribution in [3.05, 3.63) is 41.7 Å². The van der Waals surface area contributed by atoms with Crippen LogP contribution in [0.25, 0.3) is 0 Å². The Kier molecular flexibility index (Phi) is 3.92. The van der Waals surface area contributed by atoms with Gasteiger partial charge in [0.25, 0.3) is 0 Å². The number of aromatic amines is 1. The number of rotatable bonds is 3. The number of aromatic nitrogens is 3. The molecule has 1 saturated heterocycles. The Balaban J connectivity index is 1.77. The third-order valence-corrected chi connectivity index (χ3v) is 4.04. The highest BCUT2D eigenvalue weighted by molar-refractivity contribution is 5.33. The summed E-state index contributed by atoms with van der Waals surface area (Å²) in [7, 11) is 0. The Morgan fingerprint density at radius 2 is 1.81 bits per heavy atom. The molecule has 1 aliphatic heterocycles. The van der Waals surface area contributed by atoms with Gasteiger partial charge in [-0.2, -0.15) is 4.98 Å². The maximum Gasteiger partial charge on any atom is 0.244 e. The second kappa shape index (κ2) is 5.85. The lowest BCUT2D eigenvalue weighted by atomic mass is 10.0. The van der Waals surface area contributed by atoms with E-state index in [1.54, 1.807) is 0 Å². The molecule has 0 radical (unpaired) electrons. The van der Waals surface area contributed by atoms with Crippen molar-refractivity contribution in [1.82, 2.24) is 20.5 Å². The van der Waals surface area contributed by atoms with Gasteiger partial charge < -0.3 is 10.2 Å². The minimum atomic E-state index is 0.227. The summed E-state index contributed by atoms with van der Waals surface area (Å²) in [6.45, 7) is 8.44. The Hall–Kier alpha value is -1.88. The molecule has 1 fully saturated rings. The van der Waals surface area contributed by atoms with E-state index in [4.69, 9.17) is 4.98 Å². The van der Waals surface area contributed by atoms with E-state index in [9.17, 15) is 0 Å². The average Bonchev–Trinajstić information content (AvgIpc) is 2.96. The number of hydrogen-bond acceptors (Lipinski definition) is 4. The molecule has 3 atom stereocenters. The molecule has 112 valence electrons. The first-order chi connectivity index (χ1) is 10.1. The smallest absolute Gasteiger partial charge is 0.244 e. The summed E-state index contributed by atoms with van der Waals surface area (Å²) in [5, 5.41) is 11.1. The van der Waals surface area contributed by atoms with Crippen molar-refractivity contribution in [3.8, 4) is 0 Å². The van der Waals surface area contributed by atoms with E-state index >= 15 is 0 Å². The van der Waals surface area contributed by atoms with Gasteiger partial charge in [-0.3, -0.25) is 5.10 Å². The molecule has 1 aliphatic rings. The highest BCUT2D eigenvalue weighted by atomic mass is 15.4. The Morgan fingerprint density at radius 3 is 2.48 bits per heavy atom. The lowest BCUT2D eigenvalue weighted by molar-refractivity contribution is 0.403. The third-order valence-electron chi connectivity index (χ3n) is 4.04. The summed E-state index contributed by atoms with van der Waals surface area (Å²) < 4.78 is 0. The number of H-pyrrole nitrogens is 1. The molecule has 5 heteroatoms. The van der Waals surface area contributed by atoms with E-state index in [0.717, 1.165) is 24.9 Å². The number of piperazine rings is 1. The fourth-order valence-electron chi connectivity index (χ4n) is 2.99. The van der Waals surface area contributed by atoms with Crippen molar-refractivity contribution in [2.24, 2.45) is 0 Å². The largest absolute Gasteiger partial charge is 0.336 e. The van der Waals surface area contributed by atoms with Crippen molar-refractivity contribution in [1.29, 1.82) is 0 Å². The van der Waals surface area contributed by atoms with Crippen molar-refractivity contribution in [2.45, 2.75) is 38.8 Å². The van der Waals surface area contributed by atoms with Gasteiger partial charge in [0.05, 0.1) is 0 Å². The second-order valence-electron chi connectivity index (χ2n) is 6.03. The van der Waals surface area contributed by atoms with E-state index in [1.807, 2.05) is 6.07 Å². The van der Waals surface area contributed by atoms with Crippen molar-refractivity contribution in [3.63, 3.8) is 0 Å². The first kappa shape index (κ1) is 14.1. The summed E-state index contributed by atoms with van der Waals surface area (Å²) in [6, 6.07) is 11.3. The zero-order valence-electron chi connectivity index (χ0n) is 12.9. The molecule has 3 unspecified atom stereocenters. The summed E-state index contributed by atoms with van der Waals surface area (Å²) in [5.41, 5.74) is 1.25. The van der Waals surface area contributed by atoms with Crippen LogP contribution in [0.5, 0.6) is 0 Å². The average molecular weight is 285 g/mol. The van der Waals surface area contributed by atoms with Crippen LogP contribution in [0.2, 0.25) is 0 Å². The minimum absolute atomic E-state index is 0.227. The van der Waals surface area contributed by atoms with E-state index in [2.05, 4.69) is 65.5 Å². The van der Waals surface area contributed by atoms with Crippen molar-refractivity contribution in [2.75, 3.05) is 18.0 Å². The highest BCUT2D eigenvalue weighted by Crippen LogP contribution is 2.22. The zero-order valence-corrected chi connectivity index (χ0v) is 12.9. The number of hydrogen-bond donors (Lipinski definition) is 2. The van der Waals surface area contributed by atoms with Crippen LogP contribution in [-0.2, 0) is 0 Å². The lowest BCUT2D eigenvalue weighted by Crippen LogP contribution is -2.54. The van der Waals surface area contributed by atoms with Crippen LogP contribution in [0.4, 0.5) is 5.95 Å². The van der Waals surface area contributed by atoms with Crippen LogP contribution in [0, 0.1) is 0 Å². The molecule has 2 heterocycles. The molecule has 0 spiro atoms. The lowest BCUT2D eigenvalue weighted by Gasteiger charge is -2.35. The summed E-state index contributed by atoms with van der Waals surface area (Å²) in [6.07, 6.45) is 0. The fraction of sp³-hybridized carbons (Fsp3) is 0.500. The van der Waals surface area contributed by atoms with Crippen LogP contribution in [0.3, 0.4) is 0 Å². The monoisotopic (exact) mass is 285 g/mol. The predicted molar refractivity (Wildman–Crippen MR) is 84.6 cm³/mol. The molecule has 21 heavy (non-hydrogen) atoms. The second-order valence-corrected chi connectivity index (χ2v) is 6.03. The van der Waals surface area contributed by atoms with Gasteiger partial charge in [-0.1, -0.05) is 37.3 Å². The number of nitrogens with one attached hydrogen (secondary N) is 2. The summed E-state index contributed by atoms with van der Waals surface area (Å²) in [4.78, 5) is 6.96. The SMILES string of the molecule is CC1CN(c2n[nH]c(C(C)c3ccccc3)n2)CC(C)N1. The van der Waals surface area contributed by atoms with Gasteiger partial charge >= 0.3 is 0 Å². The molecule has 1 aromatic heterocycles. The standard InChI is InChI=1S/C16H23N5/c1-11-9-21(10-12(2)17-11)16-18-15(19-20-16)13(3)14-7-5-4-6-8-14/h4-8,11-13,17H,9-10H2,1-3H3,(H,18,19,20). The predicted octanol–water partition coefficient (Wildman–Crippen LogP) is 2.14. The Labute approximate surface area is 125 Å². The normalized spacial score (nSPS) is 24.0. The molecular weight excluding hydrogens is 262 g/mol. The maximum absolute atomic E-state index is 4.71. The Morgan fingerprint density at radius 1 is 1.14 bits per heavy atom. The summed E-state index contributed by atoms with van der Waals surface area (Å²) in [5.74, 6) is 1.97. The zero-order chi connectivity index (χ0) is 14.8. The number of nitrogens with zero attached hydrogens (tertiary/aromatic N) is 3. The van der Waals surface area contributed by atoms with Gasteiger partial charge in [0.2, 0.25) is 5.95 Å². The van der Waals surface area contributed by atoms with Crippen LogP contribution in [-0.4, -0.2) is 40.4 Å². The molecule has 2 N–H and O–H groups in total. The quantitative estimate of drug-likeness (QED) is 0.907. The first-order valence-corrected chi connectivity index (χ1v) is 7.61. The topological polar surface area (TPSA) is 56.8 Å². The van der Waals surface area contributed by atoms with Gasteiger partial charge in [-0.05, 0) is 19.4 Å². The van der Waals surface area contributed by atoms with Crippen molar-refractivity contribution >= 4 is 5.95 Å². The van der Waals surface area contributed by atoms with E-state index in [0.29, 0.717) is 12.1 Å². The maximum atomic E-state index is 4.71. The van der Waals surface area contributed by atoms with Gasteiger partial charge in [0, 0.05) is 31.1 Å². The molecular formula is C16H23N5. The van der Waals surface area contributed by atoms with Gasteiger partial charge in [-0.15, -0.1) is 5.10 Å². The molecule has 0 aliphatic carbocycles. The molecule has 0 saturated carbocycles. The van der Waals surface area contributed by atoms with E-state index < -0.39 is 0 Å². The fourth-order valence-corrected chi connectivity index (χ4v) is 2.99. The molecule has 1 aromatic carbocycles.